The third-order valence-electron chi connectivity index (χ3n) is 0.783. The molecule has 0 aromatic carbocycles. The van der Waals surface area contributed by atoms with Gasteiger partial charge in [-0.3, -0.25) is 0 Å². The van der Waals surface area contributed by atoms with Gasteiger partial charge in [-0.1, -0.05) is 0 Å². The van der Waals surface area contributed by atoms with Crippen molar-refractivity contribution in [1.82, 2.24) is 0 Å². The molecule has 0 aromatic rings. The second-order valence-corrected chi connectivity index (χ2v) is 1.50. The fraction of sp³-hybridized carbons (Fsp3) is 1.00. The molecule has 0 fully saturated rings. The van der Waals surface area contributed by atoms with Gasteiger partial charge in [-0.2, -0.15) is 0 Å². The van der Waals surface area contributed by atoms with E-state index in [4.69, 9.17) is 10.5 Å². The van der Waals surface area contributed by atoms with E-state index in [1.54, 1.807) is 0 Å². The van der Waals surface area contributed by atoms with Gasteiger partial charge in [0.15, 0.2) is 0 Å². The van der Waals surface area contributed by atoms with Crippen LogP contribution in [0.3, 0.4) is 0 Å². The summed E-state index contributed by atoms with van der Waals surface area (Å²) in [4.78, 5) is 0. The molecular formula is C5H13NO. The molecule has 0 spiro atoms. The minimum Gasteiger partial charge on any atom is -0.377 e. The van der Waals surface area contributed by atoms with Crippen LogP contribution in [-0.4, -0.2) is 19.3 Å². The maximum atomic E-state index is 5.23. The summed E-state index contributed by atoms with van der Waals surface area (Å²) in [6.45, 7) is 5.31. The van der Waals surface area contributed by atoms with E-state index in [0.717, 1.165) is 6.61 Å². The van der Waals surface area contributed by atoms with Gasteiger partial charge < -0.3 is 10.5 Å². The highest BCUT2D eigenvalue weighted by Gasteiger charge is 1.92. The van der Waals surface area contributed by atoms with Crippen LogP contribution in [0.5, 0.6) is 0 Å². The zero-order valence-corrected chi connectivity index (χ0v) is 4.98. The van der Waals surface area contributed by atoms with Gasteiger partial charge >= 0.3 is 0 Å². The van der Waals surface area contributed by atoms with Gasteiger partial charge in [0.2, 0.25) is 0 Å². The predicted molar refractivity (Wildman–Crippen MR) is 30.1 cm³/mol. The summed E-state index contributed by atoms with van der Waals surface area (Å²) < 4.78 is 5.07. The minimum atomic E-state index is 0.227. The zero-order chi connectivity index (χ0) is 5.70. The molecule has 2 heteroatoms. The summed E-state index contributed by atoms with van der Waals surface area (Å²) in [5, 5.41) is 0. The molecule has 2 N–H and O–H groups in total. The lowest BCUT2D eigenvalue weighted by molar-refractivity contribution is 0.0826. The molecule has 0 saturated heterocycles. The van der Waals surface area contributed by atoms with Crippen molar-refractivity contribution in [2.45, 2.75) is 20.0 Å². The quantitative estimate of drug-likeness (QED) is 0.560. The summed E-state index contributed by atoms with van der Waals surface area (Å²) in [7, 11) is 0. The van der Waals surface area contributed by atoms with Crippen molar-refractivity contribution in [3.63, 3.8) is 0 Å². The minimum absolute atomic E-state index is 0.227. The first-order valence-corrected chi connectivity index (χ1v) is 2.63. The standard InChI is InChI=1S/C5H13NO/c1-3-7-5(2)4-6/h5H,3-4,6H2,1-2H3/t5-/m0/s1. The molecule has 0 rings (SSSR count). The second-order valence-electron chi connectivity index (χ2n) is 1.50. The molecule has 1 atom stereocenters. The van der Waals surface area contributed by atoms with Gasteiger partial charge in [-0.15, -0.1) is 0 Å². The van der Waals surface area contributed by atoms with Crippen molar-refractivity contribution in [2.75, 3.05) is 13.2 Å². The van der Waals surface area contributed by atoms with Crippen LogP contribution >= 0.6 is 0 Å². The summed E-state index contributed by atoms with van der Waals surface area (Å²) in [6, 6.07) is 0. The Balaban J connectivity index is 2.83. The highest BCUT2D eigenvalue weighted by molar-refractivity contribution is 4.45. The average Bonchev–Trinajstić information content (AvgIpc) is 1.68. The number of nitrogens with two attached hydrogens (primary N) is 1. The molecule has 0 saturated carbocycles. The van der Waals surface area contributed by atoms with E-state index < -0.39 is 0 Å². The maximum absolute atomic E-state index is 5.23. The van der Waals surface area contributed by atoms with Crippen molar-refractivity contribution >= 4 is 0 Å². The Morgan fingerprint density at radius 3 is 2.43 bits per heavy atom. The summed E-state index contributed by atoms with van der Waals surface area (Å²) in [6.07, 6.45) is 0.227. The van der Waals surface area contributed by atoms with Crippen molar-refractivity contribution < 1.29 is 4.74 Å². The summed E-state index contributed by atoms with van der Waals surface area (Å²) in [5.74, 6) is 0. The normalized spacial score (nSPS) is 14.1. The van der Waals surface area contributed by atoms with E-state index in [9.17, 15) is 0 Å². The molecule has 7 heavy (non-hydrogen) atoms. The molecule has 0 amide bonds. The van der Waals surface area contributed by atoms with Crippen LogP contribution in [0.2, 0.25) is 0 Å². The maximum Gasteiger partial charge on any atom is 0.0669 e. The molecule has 0 aromatic heterocycles. The van der Waals surface area contributed by atoms with Crippen LogP contribution < -0.4 is 5.73 Å². The fourth-order valence-electron chi connectivity index (χ4n) is 0.353. The third kappa shape index (κ3) is 3.76. The van der Waals surface area contributed by atoms with Crippen LogP contribution in [0.1, 0.15) is 13.8 Å². The zero-order valence-electron chi connectivity index (χ0n) is 4.98. The Morgan fingerprint density at radius 1 is 1.71 bits per heavy atom. The lowest BCUT2D eigenvalue weighted by atomic mass is 10.4. The SMILES string of the molecule is CCO[C@@H](C)CN. The Hall–Kier alpha value is -0.0800. The molecule has 0 bridgehead atoms. The molecule has 2 nitrogen and oxygen atoms in total. The first-order chi connectivity index (χ1) is 3.31. The van der Waals surface area contributed by atoms with Gasteiger partial charge in [0.25, 0.3) is 0 Å². The lowest BCUT2D eigenvalue weighted by Gasteiger charge is -2.05. The van der Waals surface area contributed by atoms with Gasteiger partial charge in [0.1, 0.15) is 0 Å². The van der Waals surface area contributed by atoms with E-state index in [2.05, 4.69) is 0 Å². The predicted octanol–water partition coefficient (Wildman–Crippen LogP) is 0.370. The average molecular weight is 103 g/mol. The summed E-state index contributed by atoms with van der Waals surface area (Å²) >= 11 is 0. The highest BCUT2D eigenvalue weighted by atomic mass is 16.5. The Kier molecular flexibility index (Phi) is 4.04. The fourth-order valence-corrected chi connectivity index (χ4v) is 0.353. The van der Waals surface area contributed by atoms with Gasteiger partial charge in [-0.25, -0.2) is 0 Å². The van der Waals surface area contributed by atoms with E-state index in [0.29, 0.717) is 6.54 Å². The van der Waals surface area contributed by atoms with Gasteiger partial charge in [0, 0.05) is 13.2 Å². The molecule has 0 radical (unpaired) electrons. The third-order valence-corrected chi connectivity index (χ3v) is 0.783. The molecule has 0 aliphatic heterocycles. The monoisotopic (exact) mass is 103 g/mol. The van der Waals surface area contributed by atoms with E-state index in [-0.39, 0.29) is 6.10 Å². The Labute approximate surface area is 44.7 Å². The molecule has 0 aliphatic rings. The van der Waals surface area contributed by atoms with Gasteiger partial charge in [-0.05, 0) is 13.8 Å². The van der Waals surface area contributed by atoms with E-state index in [1.165, 1.54) is 0 Å². The molecule has 44 valence electrons. The lowest BCUT2D eigenvalue weighted by Crippen LogP contribution is -2.19. The Morgan fingerprint density at radius 2 is 2.29 bits per heavy atom. The number of ether oxygens (including phenoxy) is 1. The van der Waals surface area contributed by atoms with Crippen LogP contribution in [0.4, 0.5) is 0 Å². The van der Waals surface area contributed by atoms with Crippen LogP contribution in [0, 0.1) is 0 Å². The molecular weight excluding hydrogens is 90.1 g/mol. The molecule has 0 heterocycles. The first kappa shape index (κ1) is 6.92. The molecule has 0 aliphatic carbocycles. The topological polar surface area (TPSA) is 35.2 Å². The highest BCUT2D eigenvalue weighted by Crippen LogP contribution is 1.83. The van der Waals surface area contributed by atoms with Crippen molar-refractivity contribution in [3.8, 4) is 0 Å². The largest absolute Gasteiger partial charge is 0.377 e. The van der Waals surface area contributed by atoms with Crippen LogP contribution in [0.25, 0.3) is 0 Å². The number of hydrogen-bond donors (Lipinski definition) is 1. The Bertz CT molecular complexity index is 39.1. The smallest absolute Gasteiger partial charge is 0.0669 e. The van der Waals surface area contributed by atoms with Gasteiger partial charge in [0.05, 0.1) is 6.10 Å². The first-order valence-electron chi connectivity index (χ1n) is 2.63. The van der Waals surface area contributed by atoms with E-state index >= 15 is 0 Å². The number of hydrogen-bond acceptors (Lipinski definition) is 2. The number of rotatable bonds is 3. The van der Waals surface area contributed by atoms with Crippen molar-refractivity contribution in [3.05, 3.63) is 0 Å². The summed E-state index contributed by atoms with van der Waals surface area (Å²) in [5.41, 5.74) is 5.23. The molecule has 0 unspecified atom stereocenters. The van der Waals surface area contributed by atoms with Crippen LogP contribution in [0.15, 0.2) is 0 Å². The van der Waals surface area contributed by atoms with E-state index in [1.807, 2.05) is 13.8 Å². The van der Waals surface area contributed by atoms with Crippen LogP contribution in [-0.2, 0) is 4.74 Å². The second kappa shape index (κ2) is 4.09. The van der Waals surface area contributed by atoms with Crippen molar-refractivity contribution in [1.29, 1.82) is 0 Å². The van der Waals surface area contributed by atoms with Crippen molar-refractivity contribution in [2.24, 2.45) is 5.73 Å².